The van der Waals surface area contributed by atoms with Gasteiger partial charge in [-0.15, -0.1) is 0 Å². The highest BCUT2D eigenvalue weighted by Gasteiger charge is 2.23. The fraction of sp³-hybridized carbons (Fsp3) is 0.579. The van der Waals surface area contributed by atoms with E-state index in [-0.39, 0.29) is 17.7 Å². The van der Waals surface area contributed by atoms with Crippen LogP contribution in [0.15, 0.2) is 24.3 Å². The smallest absolute Gasteiger partial charge is 0.251 e. The molecule has 0 aromatic heterocycles. The minimum Gasteiger partial charge on any atom is -0.378 e. The van der Waals surface area contributed by atoms with Gasteiger partial charge in [0.2, 0.25) is 5.91 Å². The van der Waals surface area contributed by atoms with Gasteiger partial charge in [-0.1, -0.05) is 0 Å². The molecule has 2 aliphatic heterocycles. The van der Waals surface area contributed by atoms with E-state index < -0.39 is 0 Å². The van der Waals surface area contributed by atoms with Crippen molar-refractivity contribution in [1.82, 2.24) is 10.2 Å². The fourth-order valence-electron chi connectivity index (χ4n) is 3.57. The number of carbonyl (C=O) groups excluding carboxylic acids is 2. The van der Waals surface area contributed by atoms with Gasteiger partial charge in [0.25, 0.3) is 5.91 Å². The zero-order chi connectivity index (χ0) is 18.4. The minimum atomic E-state index is -0.223. The summed E-state index contributed by atoms with van der Waals surface area (Å²) < 4.78 is 5.36. The van der Waals surface area contributed by atoms with Gasteiger partial charge in [0.05, 0.1) is 19.1 Å². The first-order valence-electron chi connectivity index (χ1n) is 9.36. The van der Waals surface area contributed by atoms with Crippen molar-refractivity contribution in [3.05, 3.63) is 29.8 Å². The Kier molecular flexibility index (Phi) is 6.46. The second kappa shape index (κ2) is 9.00. The number of anilines is 1. The van der Waals surface area contributed by atoms with E-state index in [0.717, 1.165) is 57.9 Å². The zero-order valence-electron chi connectivity index (χ0n) is 15.2. The summed E-state index contributed by atoms with van der Waals surface area (Å²) in [7, 11) is 0. The molecule has 1 aromatic rings. The summed E-state index contributed by atoms with van der Waals surface area (Å²) in [6.07, 6.45) is 1.85. The predicted molar refractivity (Wildman–Crippen MR) is 100 cm³/mol. The van der Waals surface area contributed by atoms with Crippen molar-refractivity contribution in [3.63, 3.8) is 0 Å². The summed E-state index contributed by atoms with van der Waals surface area (Å²) in [6.45, 7) is 6.20. The van der Waals surface area contributed by atoms with Crippen LogP contribution in [0, 0.1) is 5.92 Å². The molecule has 1 atom stereocenters. The van der Waals surface area contributed by atoms with Gasteiger partial charge in [-0.3, -0.25) is 9.59 Å². The molecule has 7 heteroatoms. The molecule has 0 spiro atoms. The van der Waals surface area contributed by atoms with Crippen molar-refractivity contribution in [3.8, 4) is 0 Å². The lowest BCUT2D eigenvalue weighted by atomic mass is 9.97. The molecular weight excluding hydrogens is 332 g/mol. The summed E-state index contributed by atoms with van der Waals surface area (Å²) in [5.41, 5.74) is 7.19. The Balaban J connectivity index is 1.44. The summed E-state index contributed by atoms with van der Waals surface area (Å²) in [4.78, 5) is 28.1. The van der Waals surface area contributed by atoms with E-state index in [4.69, 9.17) is 10.5 Å². The Bertz CT molecular complexity index is 614. The lowest BCUT2D eigenvalue weighted by Crippen LogP contribution is -2.44. The SMILES string of the molecule is NC(=O)[C@@H]1CCCN(CCNC(=O)c2ccc(N3CCOCC3)cc2)C1. The number of benzene rings is 1. The molecule has 1 aromatic carbocycles. The average Bonchev–Trinajstić information content (AvgIpc) is 2.69. The second-order valence-electron chi connectivity index (χ2n) is 6.94. The van der Waals surface area contributed by atoms with E-state index in [2.05, 4.69) is 15.1 Å². The van der Waals surface area contributed by atoms with Crippen LogP contribution in [0.3, 0.4) is 0 Å². The Morgan fingerprint density at radius 1 is 1.15 bits per heavy atom. The number of primary amides is 1. The number of likely N-dealkylation sites (tertiary alicyclic amines) is 1. The quantitative estimate of drug-likeness (QED) is 0.769. The largest absolute Gasteiger partial charge is 0.378 e. The van der Waals surface area contributed by atoms with Gasteiger partial charge >= 0.3 is 0 Å². The molecule has 0 saturated carbocycles. The molecule has 2 saturated heterocycles. The Hall–Kier alpha value is -2.12. The van der Waals surface area contributed by atoms with E-state index in [0.29, 0.717) is 18.7 Å². The molecular formula is C19H28N4O3. The second-order valence-corrected chi connectivity index (χ2v) is 6.94. The van der Waals surface area contributed by atoms with Gasteiger partial charge in [-0.2, -0.15) is 0 Å². The molecule has 2 amide bonds. The first-order valence-corrected chi connectivity index (χ1v) is 9.36. The molecule has 0 unspecified atom stereocenters. The topological polar surface area (TPSA) is 87.9 Å². The van der Waals surface area contributed by atoms with E-state index in [9.17, 15) is 9.59 Å². The first-order chi connectivity index (χ1) is 12.6. The van der Waals surface area contributed by atoms with Crippen LogP contribution < -0.4 is 16.0 Å². The molecule has 2 aliphatic rings. The maximum absolute atomic E-state index is 12.3. The van der Waals surface area contributed by atoms with Crippen molar-refractivity contribution >= 4 is 17.5 Å². The number of morpholine rings is 1. The Morgan fingerprint density at radius 2 is 1.88 bits per heavy atom. The molecule has 0 aliphatic carbocycles. The van der Waals surface area contributed by atoms with Crippen molar-refractivity contribution in [2.24, 2.45) is 11.7 Å². The molecule has 142 valence electrons. The molecule has 26 heavy (non-hydrogen) atoms. The van der Waals surface area contributed by atoms with Crippen molar-refractivity contribution in [2.75, 3.05) is 57.4 Å². The number of hydrogen-bond acceptors (Lipinski definition) is 5. The molecule has 2 fully saturated rings. The monoisotopic (exact) mass is 360 g/mol. The van der Waals surface area contributed by atoms with Crippen LogP contribution in [0.5, 0.6) is 0 Å². The van der Waals surface area contributed by atoms with Gasteiger partial charge < -0.3 is 25.6 Å². The van der Waals surface area contributed by atoms with Crippen LogP contribution >= 0.6 is 0 Å². The van der Waals surface area contributed by atoms with E-state index >= 15 is 0 Å². The number of nitrogens with two attached hydrogens (primary N) is 1. The highest BCUT2D eigenvalue weighted by atomic mass is 16.5. The number of piperidine rings is 1. The van der Waals surface area contributed by atoms with Gasteiger partial charge in [0, 0.05) is 44.0 Å². The third-order valence-electron chi connectivity index (χ3n) is 5.13. The molecule has 2 heterocycles. The van der Waals surface area contributed by atoms with Crippen molar-refractivity contribution in [1.29, 1.82) is 0 Å². The highest BCUT2D eigenvalue weighted by Crippen LogP contribution is 2.17. The maximum Gasteiger partial charge on any atom is 0.251 e. The average molecular weight is 360 g/mol. The lowest BCUT2D eigenvalue weighted by Gasteiger charge is -2.31. The van der Waals surface area contributed by atoms with Crippen LogP contribution in [0.25, 0.3) is 0 Å². The third-order valence-corrected chi connectivity index (χ3v) is 5.13. The lowest BCUT2D eigenvalue weighted by molar-refractivity contribution is -0.123. The van der Waals surface area contributed by atoms with Crippen LogP contribution in [-0.2, 0) is 9.53 Å². The molecule has 3 rings (SSSR count). The van der Waals surface area contributed by atoms with E-state index in [1.807, 2.05) is 24.3 Å². The molecule has 0 bridgehead atoms. The minimum absolute atomic E-state index is 0.0628. The van der Waals surface area contributed by atoms with E-state index in [1.54, 1.807) is 0 Å². The maximum atomic E-state index is 12.3. The molecule has 0 radical (unpaired) electrons. The normalized spacial score (nSPS) is 21.4. The van der Waals surface area contributed by atoms with Crippen LogP contribution in [0.4, 0.5) is 5.69 Å². The van der Waals surface area contributed by atoms with Crippen molar-refractivity contribution in [2.45, 2.75) is 12.8 Å². The standard InChI is InChI=1S/C19H28N4O3/c20-18(24)16-2-1-8-22(14-16)9-7-21-19(25)15-3-5-17(6-4-15)23-10-12-26-13-11-23/h3-6,16H,1-2,7-14H2,(H2,20,24)(H,21,25)/t16-/m1/s1. The highest BCUT2D eigenvalue weighted by molar-refractivity contribution is 5.94. The summed E-state index contributed by atoms with van der Waals surface area (Å²) in [5.74, 6) is -0.353. The molecule has 7 nitrogen and oxygen atoms in total. The fourth-order valence-corrected chi connectivity index (χ4v) is 3.57. The van der Waals surface area contributed by atoms with Gasteiger partial charge in [0.15, 0.2) is 0 Å². The Morgan fingerprint density at radius 3 is 2.58 bits per heavy atom. The Labute approximate surface area is 154 Å². The number of nitrogens with zero attached hydrogens (tertiary/aromatic N) is 2. The number of ether oxygens (including phenoxy) is 1. The predicted octanol–water partition coefficient (Wildman–Crippen LogP) is 0.450. The summed E-state index contributed by atoms with van der Waals surface area (Å²) in [6, 6.07) is 7.71. The van der Waals surface area contributed by atoms with E-state index in [1.165, 1.54) is 0 Å². The van der Waals surface area contributed by atoms with Crippen molar-refractivity contribution < 1.29 is 14.3 Å². The van der Waals surface area contributed by atoms with Crippen LogP contribution in [-0.4, -0.2) is 69.2 Å². The van der Waals surface area contributed by atoms with Crippen LogP contribution in [0.1, 0.15) is 23.2 Å². The number of amides is 2. The number of carbonyl (C=O) groups is 2. The summed E-state index contributed by atoms with van der Waals surface area (Å²) in [5, 5.41) is 2.96. The number of rotatable bonds is 6. The summed E-state index contributed by atoms with van der Waals surface area (Å²) >= 11 is 0. The van der Waals surface area contributed by atoms with Gasteiger partial charge in [-0.05, 0) is 43.7 Å². The molecule has 3 N–H and O–H groups in total. The van der Waals surface area contributed by atoms with Gasteiger partial charge in [-0.25, -0.2) is 0 Å². The van der Waals surface area contributed by atoms with Gasteiger partial charge in [0.1, 0.15) is 0 Å². The first kappa shape index (κ1) is 18.7. The van der Waals surface area contributed by atoms with Crippen LogP contribution in [0.2, 0.25) is 0 Å². The number of nitrogens with one attached hydrogen (secondary N) is 1. The number of hydrogen-bond donors (Lipinski definition) is 2. The third kappa shape index (κ3) is 4.95. The zero-order valence-corrected chi connectivity index (χ0v) is 15.2.